The summed E-state index contributed by atoms with van der Waals surface area (Å²) < 4.78 is 5.72. The average molecular weight is 359 g/mol. The van der Waals surface area contributed by atoms with Crippen LogP contribution < -0.4 is 10.2 Å². The fourth-order valence-electron chi connectivity index (χ4n) is 2.27. The van der Waals surface area contributed by atoms with Crippen molar-refractivity contribution in [3.05, 3.63) is 64.2 Å². The Morgan fingerprint density at radius 3 is 2.52 bits per heavy atom. The zero-order valence-electron chi connectivity index (χ0n) is 15.0. The first kappa shape index (κ1) is 19.0. The Morgan fingerprint density at radius 1 is 1.20 bits per heavy atom. The van der Waals surface area contributed by atoms with Crippen LogP contribution in [0.3, 0.4) is 0 Å². The highest BCUT2D eigenvalue weighted by Gasteiger charge is 2.19. The number of hydrazone groups is 1. The first-order valence-electron chi connectivity index (χ1n) is 8.07. The second-order valence-electron chi connectivity index (χ2n) is 6.88. The van der Waals surface area contributed by atoms with Gasteiger partial charge in [-0.1, -0.05) is 56.6 Å². The summed E-state index contributed by atoms with van der Waals surface area (Å²) in [6.07, 6.45) is 1.56. The third-order valence-corrected chi connectivity index (χ3v) is 3.83. The van der Waals surface area contributed by atoms with Gasteiger partial charge in [0.15, 0.2) is 6.61 Å². The summed E-state index contributed by atoms with van der Waals surface area (Å²) in [6.45, 7) is 8.24. The molecule has 2 rings (SSSR count). The SMILES string of the molecule is Cc1ccc(C(C)(C)C)c(OCC(=O)N/N=C/c2ccc(Cl)cc2)c1. The number of carbonyl (C=O) groups excluding carboxylic acids is 1. The molecule has 0 spiro atoms. The Kier molecular flexibility index (Phi) is 6.21. The molecule has 0 aliphatic carbocycles. The highest BCUT2D eigenvalue weighted by Crippen LogP contribution is 2.31. The van der Waals surface area contributed by atoms with Crippen LogP contribution >= 0.6 is 11.6 Å². The normalized spacial score (nSPS) is 11.6. The number of nitrogens with one attached hydrogen (secondary N) is 1. The van der Waals surface area contributed by atoms with E-state index < -0.39 is 0 Å². The lowest BCUT2D eigenvalue weighted by atomic mass is 9.86. The van der Waals surface area contributed by atoms with Gasteiger partial charge in [0.2, 0.25) is 0 Å². The van der Waals surface area contributed by atoms with Gasteiger partial charge in [-0.15, -0.1) is 0 Å². The van der Waals surface area contributed by atoms with Gasteiger partial charge in [-0.25, -0.2) is 5.43 Å². The molecule has 0 unspecified atom stereocenters. The number of halogens is 1. The predicted octanol–water partition coefficient (Wildman–Crippen LogP) is 4.48. The van der Waals surface area contributed by atoms with Crippen LogP contribution in [-0.2, 0) is 10.2 Å². The van der Waals surface area contributed by atoms with Crippen LogP contribution in [0.1, 0.15) is 37.5 Å². The van der Waals surface area contributed by atoms with Gasteiger partial charge in [0.25, 0.3) is 5.91 Å². The molecule has 0 saturated heterocycles. The average Bonchev–Trinajstić information content (AvgIpc) is 2.54. The van der Waals surface area contributed by atoms with Crippen molar-refractivity contribution < 1.29 is 9.53 Å². The Labute approximate surface area is 153 Å². The third kappa shape index (κ3) is 5.91. The summed E-state index contributed by atoms with van der Waals surface area (Å²) >= 11 is 5.82. The Balaban J connectivity index is 1.94. The highest BCUT2D eigenvalue weighted by molar-refractivity contribution is 6.30. The van der Waals surface area contributed by atoms with E-state index in [9.17, 15) is 4.79 Å². The van der Waals surface area contributed by atoms with Crippen LogP contribution in [0, 0.1) is 6.92 Å². The molecule has 4 nitrogen and oxygen atoms in total. The molecule has 5 heteroatoms. The van der Waals surface area contributed by atoms with Gasteiger partial charge in [-0.2, -0.15) is 5.10 Å². The number of aryl methyl sites for hydroxylation is 1. The van der Waals surface area contributed by atoms with Crippen molar-refractivity contribution in [1.29, 1.82) is 0 Å². The van der Waals surface area contributed by atoms with E-state index in [4.69, 9.17) is 16.3 Å². The second-order valence-corrected chi connectivity index (χ2v) is 7.32. The highest BCUT2D eigenvalue weighted by atomic mass is 35.5. The molecule has 1 N–H and O–H groups in total. The summed E-state index contributed by atoms with van der Waals surface area (Å²) in [6, 6.07) is 13.2. The largest absolute Gasteiger partial charge is 0.483 e. The maximum Gasteiger partial charge on any atom is 0.277 e. The first-order chi connectivity index (χ1) is 11.8. The molecule has 0 atom stereocenters. The number of rotatable bonds is 5. The zero-order valence-corrected chi connectivity index (χ0v) is 15.7. The van der Waals surface area contributed by atoms with Crippen molar-refractivity contribution in [2.75, 3.05) is 6.61 Å². The lowest BCUT2D eigenvalue weighted by Gasteiger charge is -2.23. The van der Waals surface area contributed by atoms with E-state index in [-0.39, 0.29) is 17.9 Å². The van der Waals surface area contributed by atoms with Crippen LogP contribution in [0.15, 0.2) is 47.6 Å². The van der Waals surface area contributed by atoms with Crippen LogP contribution in [0.2, 0.25) is 5.02 Å². The van der Waals surface area contributed by atoms with Crippen LogP contribution in [0.25, 0.3) is 0 Å². The molecule has 2 aromatic carbocycles. The molecule has 0 heterocycles. The quantitative estimate of drug-likeness (QED) is 0.633. The zero-order chi connectivity index (χ0) is 18.4. The maximum atomic E-state index is 11.9. The lowest BCUT2D eigenvalue weighted by molar-refractivity contribution is -0.123. The minimum Gasteiger partial charge on any atom is -0.483 e. The molecule has 1 amide bonds. The van der Waals surface area contributed by atoms with Crippen molar-refractivity contribution >= 4 is 23.7 Å². The number of ether oxygens (including phenoxy) is 1. The van der Waals surface area contributed by atoms with Crippen molar-refractivity contribution in [1.82, 2.24) is 5.43 Å². The topological polar surface area (TPSA) is 50.7 Å². The molecule has 0 saturated carbocycles. The monoisotopic (exact) mass is 358 g/mol. The second kappa shape index (κ2) is 8.17. The van der Waals surface area contributed by atoms with E-state index in [0.717, 1.165) is 22.4 Å². The van der Waals surface area contributed by atoms with Gasteiger partial charge in [-0.05, 0) is 47.2 Å². The number of hydrogen-bond acceptors (Lipinski definition) is 3. The molecule has 0 bridgehead atoms. The molecule has 0 aliphatic rings. The summed E-state index contributed by atoms with van der Waals surface area (Å²) in [5.41, 5.74) is 5.40. The number of benzene rings is 2. The lowest BCUT2D eigenvalue weighted by Crippen LogP contribution is -2.25. The van der Waals surface area contributed by atoms with Crippen LogP contribution in [0.5, 0.6) is 5.75 Å². The molecule has 0 fully saturated rings. The van der Waals surface area contributed by atoms with Gasteiger partial charge < -0.3 is 4.74 Å². The molecule has 0 radical (unpaired) electrons. The Morgan fingerprint density at radius 2 is 1.88 bits per heavy atom. The first-order valence-corrected chi connectivity index (χ1v) is 8.45. The van der Waals surface area contributed by atoms with Crippen molar-refractivity contribution in [2.45, 2.75) is 33.1 Å². The predicted molar refractivity (Wildman–Crippen MR) is 103 cm³/mol. The van der Waals surface area contributed by atoms with Crippen molar-refractivity contribution in [2.24, 2.45) is 5.10 Å². The molecule has 2 aromatic rings. The standard InChI is InChI=1S/C20H23ClN2O2/c1-14-5-10-17(20(2,3)4)18(11-14)25-13-19(24)23-22-12-15-6-8-16(21)9-7-15/h5-12H,13H2,1-4H3,(H,23,24)/b22-12+. The van der Waals surface area contributed by atoms with Crippen LogP contribution in [0.4, 0.5) is 0 Å². The van der Waals surface area contributed by atoms with E-state index in [1.54, 1.807) is 18.3 Å². The molecular formula is C20H23ClN2O2. The minimum absolute atomic E-state index is 0.0632. The fourth-order valence-corrected chi connectivity index (χ4v) is 2.40. The number of nitrogens with zero attached hydrogens (tertiary/aromatic N) is 1. The van der Waals surface area contributed by atoms with Gasteiger partial charge >= 0.3 is 0 Å². The van der Waals surface area contributed by atoms with Gasteiger partial charge in [0, 0.05) is 5.02 Å². The van der Waals surface area contributed by atoms with E-state index in [1.807, 2.05) is 37.3 Å². The molecule has 132 valence electrons. The van der Waals surface area contributed by atoms with Gasteiger partial charge in [-0.3, -0.25) is 4.79 Å². The van der Waals surface area contributed by atoms with E-state index in [0.29, 0.717) is 5.02 Å². The summed E-state index contributed by atoms with van der Waals surface area (Å²) in [7, 11) is 0. The smallest absolute Gasteiger partial charge is 0.277 e. The summed E-state index contributed by atoms with van der Waals surface area (Å²) in [5, 5.41) is 4.58. The molecule has 0 aliphatic heterocycles. The number of amides is 1. The van der Waals surface area contributed by atoms with E-state index >= 15 is 0 Å². The van der Waals surface area contributed by atoms with Crippen LogP contribution in [-0.4, -0.2) is 18.7 Å². The van der Waals surface area contributed by atoms with Crippen molar-refractivity contribution in [3.8, 4) is 5.75 Å². The third-order valence-electron chi connectivity index (χ3n) is 3.58. The number of carbonyl (C=O) groups is 1. The van der Waals surface area contributed by atoms with Crippen molar-refractivity contribution in [3.63, 3.8) is 0 Å². The van der Waals surface area contributed by atoms with E-state index in [2.05, 4.69) is 31.3 Å². The molecular weight excluding hydrogens is 336 g/mol. The van der Waals surface area contributed by atoms with E-state index in [1.165, 1.54) is 0 Å². The minimum atomic E-state index is -0.313. The molecule has 25 heavy (non-hydrogen) atoms. The summed E-state index contributed by atoms with van der Waals surface area (Å²) in [5.74, 6) is 0.413. The fraction of sp³-hybridized carbons (Fsp3) is 0.300. The van der Waals surface area contributed by atoms with Gasteiger partial charge in [0.05, 0.1) is 6.21 Å². The maximum absolute atomic E-state index is 11.9. The number of hydrogen-bond donors (Lipinski definition) is 1. The Bertz CT molecular complexity index is 762. The Hall–Kier alpha value is -2.33. The van der Waals surface area contributed by atoms with Gasteiger partial charge in [0.1, 0.15) is 5.75 Å². The summed E-state index contributed by atoms with van der Waals surface area (Å²) in [4.78, 5) is 11.9. The molecule has 0 aromatic heterocycles.